The number of ether oxygens (including phenoxy) is 3. The monoisotopic (exact) mass is 1720 g/mol. The summed E-state index contributed by atoms with van der Waals surface area (Å²) in [4.78, 5) is 69.0. The van der Waals surface area contributed by atoms with Crippen molar-refractivity contribution in [3.63, 3.8) is 0 Å². The van der Waals surface area contributed by atoms with Gasteiger partial charge in [0.2, 0.25) is 10.2 Å². The molecule has 3 aromatic rings. The number of nitrogens with one attached hydrogen (secondary N) is 1. The normalized spacial score (nSPS) is 23.5. The van der Waals surface area contributed by atoms with Crippen molar-refractivity contribution in [2.24, 2.45) is 17.8 Å². The summed E-state index contributed by atoms with van der Waals surface area (Å²) in [6.07, 6.45) is 26.3. The van der Waals surface area contributed by atoms with Gasteiger partial charge in [-0.1, -0.05) is 74.6 Å². The Morgan fingerprint density at radius 3 is 1.31 bits per heavy atom. The van der Waals surface area contributed by atoms with Gasteiger partial charge in [-0.15, -0.1) is 58.7 Å². The number of hydrogen-bond acceptors (Lipinski definition) is 14. The number of carbonyl (C=O) groups excluding carboxylic acids is 2. The number of aromatic nitrogens is 6. The van der Waals surface area contributed by atoms with Crippen LogP contribution in [0.2, 0.25) is 0 Å². The van der Waals surface area contributed by atoms with E-state index in [-0.39, 0.29) is 229 Å². The van der Waals surface area contributed by atoms with Crippen molar-refractivity contribution in [1.82, 2.24) is 34.0 Å². The predicted molar refractivity (Wildman–Crippen MR) is 242 cm³/mol. The van der Waals surface area contributed by atoms with Crippen LogP contribution in [0.3, 0.4) is 0 Å². The topological polar surface area (TPSA) is 239 Å². The SMILES string of the molecule is [2H]OC[C@H]1O[C@@H](n2cc(/C=C/C(=O)NCC)[c-]nc2=O)[CH-]C1C.[2H]OC[C@H]1O[C@@H](n2cc(/C=C/C(C)=O)[c-]nc2=O)[CH-]C1C.[2H]OC[C@H]1O[C@@H](n2cc(/C=C/CC)[c-]nc2=O)[CH-]C1C.[3H]C.[3H]C.[3H]C.[W].[W].[W].[Y].[Y].[Y]. The number of rotatable bonds is 16. The average Bonchev–Trinajstić information content (AvgIpc) is 4.05. The summed E-state index contributed by atoms with van der Waals surface area (Å²) in [5.41, 5.74) is 0.336. The number of ketones is 1. The summed E-state index contributed by atoms with van der Waals surface area (Å²) < 4.78 is 58.8. The Kier molecular flexibility index (Phi) is 41.2. The van der Waals surface area contributed by atoms with E-state index in [9.17, 15) is 24.0 Å². The smallest absolute Gasteiger partial charge is 0.260 e. The molecule has 3 unspecified atom stereocenters. The molecule has 383 valence electrons. The molecule has 3 saturated heterocycles. The molecule has 70 heavy (non-hydrogen) atoms. The van der Waals surface area contributed by atoms with Crippen LogP contribution in [0.15, 0.2) is 51.2 Å². The van der Waals surface area contributed by atoms with Gasteiger partial charge < -0.3 is 77.9 Å². The Morgan fingerprint density at radius 2 is 1.01 bits per heavy atom. The van der Waals surface area contributed by atoms with E-state index in [0.717, 1.165) is 12.0 Å². The number of aliphatic hydroxyl groups excluding tert-OH is 3. The average molecular weight is 1720 g/mol. The molecule has 6 rings (SSSR count). The molecule has 3 aliphatic heterocycles. The van der Waals surface area contributed by atoms with E-state index in [4.69, 9.17) is 22.6 Å². The first-order valence-electron chi connectivity index (χ1n) is 24.0. The molecule has 18 nitrogen and oxygen atoms in total. The van der Waals surface area contributed by atoms with Crippen molar-refractivity contribution in [3.05, 3.63) is 123 Å². The van der Waals surface area contributed by atoms with Crippen LogP contribution >= 0.6 is 0 Å². The largest absolute Gasteiger partial charge is 0.394 e. The summed E-state index contributed by atoms with van der Waals surface area (Å²) in [6.45, 7) is 12.1. The molecule has 4 N–H and O–H groups in total. The number of allylic oxidation sites excluding steroid dienone is 2. The molecule has 0 aromatic carbocycles. The van der Waals surface area contributed by atoms with Crippen molar-refractivity contribution in [1.29, 1.82) is 4.29 Å². The molecule has 3 radical (unpaired) electrons. The Morgan fingerprint density at radius 1 is 0.686 bits per heavy atom. The van der Waals surface area contributed by atoms with Gasteiger partial charge in [0.1, 0.15) is 5.78 Å². The number of nitrogens with zero attached hydrogens (tertiary/aromatic N) is 6. The van der Waals surface area contributed by atoms with Crippen molar-refractivity contribution in [2.45, 2.75) is 107 Å². The van der Waals surface area contributed by atoms with E-state index in [0.29, 0.717) is 17.7 Å². The van der Waals surface area contributed by atoms with Gasteiger partial charge in [0.15, 0.2) is 0 Å². The van der Waals surface area contributed by atoms with E-state index < -0.39 is 35.8 Å². The Bertz CT molecular complexity index is 2300. The van der Waals surface area contributed by atoms with Gasteiger partial charge in [-0.2, -0.15) is 0 Å². The summed E-state index contributed by atoms with van der Waals surface area (Å²) in [5.74, 6) is -0.144. The van der Waals surface area contributed by atoms with E-state index in [1.54, 1.807) is 6.20 Å². The molecule has 0 spiro atoms. The van der Waals surface area contributed by atoms with Crippen LogP contribution in [0.5, 0.6) is 0 Å². The van der Waals surface area contributed by atoms with E-state index in [2.05, 4.69) is 54.2 Å². The molecule has 3 aliphatic rings. The van der Waals surface area contributed by atoms with Crippen LogP contribution in [0, 0.1) is 55.6 Å². The number of likely N-dealkylation sites (N-methyl/N-ethyl adjacent to an activating group) is 1. The van der Waals surface area contributed by atoms with Crippen LogP contribution in [-0.2, 0) is 185 Å². The molecule has 24 heteroatoms. The molecule has 3 aromatic heterocycles. The molecular formula is C46H65N7O11W3Y3-6. The van der Waals surface area contributed by atoms with Crippen molar-refractivity contribution in [2.75, 3.05) is 26.4 Å². The quantitative estimate of drug-likeness (QED) is 0.119. The van der Waals surface area contributed by atoms with Crippen LogP contribution in [0.25, 0.3) is 18.2 Å². The Labute approximate surface area is 540 Å². The fraction of sp³-hybridized carbons (Fsp3) is 0.500. The first-order valence-corrected chi connectivity index (χ1v) is 19.8. The van der Waals surface area contributed by atoms with Crippen LogP contribution < -0.4 is 22.4 Å². The zero-order chi connectivity index (χ0) is 52.8. The number of aliphatic hydroxyl groups is 3. The van der Waals surface area contributed by atoms with Gasteiger partial charge in [0.05, 0.1) is 38.1 Å². The fourth-order valence-electron chi connectivity index (χ4n) is 6.09. The Balaban J connectivity index is -0.000000222. The minimum absolute atomic E-state index is 0. The Hall–Kier alpha value is 0.137. The minimum atomic E-state index is -0.587. The maximum atomic E-state index is 11.9. The zero-order valence-corrected chi connectivity index (χ0v) is 58.1. The maximum absolute atomic E-state index is 11.9. The summed E-state index contributed by atoms with van der Waals surface area (Å²) in [7, 11) is 3.75. The molecule has 3 fully saturated rings. The van der Waals surface area contributed by atoms with Gasteiger partial charge >= 0.3 is 0 Å². The molecule has 9 atom stereocenters. The molecular weight excluding hydrogens is 1640 g/mol. The number of carbonyl (C=O) groups is 2. The minimum Gasteiger partial charge on any atom is -0.394 e. The van der Waals surface area contributed by atoms with E-state index >= 15 is 0 Å². The molecule has 0 saturated carbocycles. The fourth-order valence-corrected chi connectivity index (χ4v) is 6.09. The van der Waals surface area contributed by atoms with Gasteiger partial charge in [0, 0.05) is 172 Å². The maximum Gasteiger partial charge on any atom is 0.260 e. The second kappa shape index (κ2) is 42.3. The third-order valence-electron chi connectivity index (χ3n) is 9.56. The second-order valence-corrected chi connectivity index (χ2v) is 14.3. The molecule has 6 heterocycles. The first kappa shape index (κ1) is 68.2. The van der Waals surface area contributed by atoms with E-state index in [1.807, 2.05) is 66.0 Å². The molecule has 0 aliphatic carbocycles. The van der Waals surface area contributed by atoms with Crippen LogP contribution in [0.4, 0.5) is 0 Å². The second-order valence-electron chi connectivity index (χ2n) is 14.3. The third-order valence-corrected chi connectivity index (χ3v) is 9.56. The van der Waals surface area contributed by atoms with Crippen molar-refractivity contribution < 1.29 is 205 Å². The van der Waals surface area contributed by atoms with Gasteiger partial charge in [-0.05, 0) is 63.6 Å². The standard InChI is InChI=1S/C15H19N3O4.C14H16N2O4.C14H18N2O3.3CH4.3W.3Y/c1-3-16-13(20)5-4-11-7-17-15(21)18(8-11)14-6-10(2)12(9-19)22-14;1-9-5-13(20-12(9)8-17)16-7-11(4-3-10(2)18)6-15-14(16)19;1-3-4-5-11-7-15-14(18)16(8-11)13-6-10(2)12(9-17)19-13;;;;;;;;;/h4-6,8,10,12,14,19H,3,9H2,1-2H3,(H,16,20);3-5,7,9,12-13,17H,8H2,1-2H3;4-6,8,10,12-13,17H,3,9H2,1-2H3;3*1H4;;;;;;/q3*-2;;;;;;;;;/b5-4+;4-3+;5-4+;;;;;;;;;/t10?,12-,14-;9?,12-,13-;10?,12-,13-;;;;;;;;;/m111........./s1/i19D;2*17D;3*1T;;;;;;. The van der Waals surface area contributed by atoms with Gasteiger partial charge in [-0.25, -0.2) is 0 Å². The van der Waals surface area contributed by atoms with Crippen LogP contribution in [0.1, 0.15) is 110 Å². The number of hydrogen-bond donors (Lipinski definition) is 4. The van der Waals surface area contributed by atoms with Crippen LogP contribution in [-0.4, -0.2) is 105 Å². The van der Waals surface area contributed by atoms with Gasteiger partial charge in [-0.3, -0.25) is 28.9 Å². The summed E-state index contributed by atoms with van der Waals surface area (Å²) in [6, 6.07) is 0. The van der Waals surface area contributed by atoms with Gasteiger partial charge in [0.25, 0.3) is 17.1 Å². The molecule has 0 bridgehead atoms. The first-order chi connectivity index (χ1) is 33.7. The number of amides is 1. The van der Waals surface area contributed by atoms with Crippen molar-refractivity contribution >= 4 is 29.9 Å². The van der Waals surface area contributed by atoms with Crippen molar-refractivity contribution in [3.8, 4) is 0 Å². The molecule has 1 amide bonds. The predicted octanol–water partition coefficient (Wildman–Crippen LogP) is 3.39. The zero-order valence-electron chi connectivity index (χ0n) is 46.8. The third kappa shape index (κ3) is 25.3. The van der Waals surface area contributed by atoms with E-state index in [1.165, 1.54) is 79.5 Å². The summed E-state index contributed by atoms with van der Waals surface area (Å²) in [5, 5.41) is 15.7. The summed E-state index contributed by atoms with van der Waals surface area (Å²) >= 11 is 0.